The van der Waals surface area contributed by atoms with E-state index in [9.17, 15) is 9.90 Å². The van der Waals surface area contributed by atoms with Crippen LogP contribution < -0.4 is 14.4 Å². The van der Waals surface area contributed by atoms with Crippen LogP contribution in [-0.4, -0.2) is 37.4 Å². The van der Waals surface area contributed by atoms with E-state index in [4.69, 9.17) is 25.8 Å². The molecule has 3 aromatic carbocycles. The Morgan fingerprint density at radius 3 is 2.40 bits per heavy atom. The number of anilines is 1. The van der Waals surface area contributed by atoms with Crippen molar-refractivity contribution in [2.45, 2.75) is 57.8 Å². The number of benzene rings is 3. The van der Waals surface area contributed by atoms with Gasteiger partial charge in [-0.05, 0) is 92.6 Å². The van der Waals surface area contributed by atoms with Crippen LogP contribution in [0.4, 0.5) is 10.1 Å². The summed E-state index contributed by atoms with van der Waals surface area (Å²) >= 11 is 6.20. The minimum Gasteiger partial charge on any atom is -0.493 e. The normalized spacial score (nSPS) is 19.4. The summed E-state index contributed by atoms with van der Waals surface area (Å²) in [5.41, 5.74) is 1.75. The maximum Gasteiger partial charge on any atom is 0.232 e. The van der Waals surface area contributed by atoms with E-state index in [1.165, 1.54) is 6.07 Å². The molecule has 0 bridgehead atoms. The van der Waals surface area contributed by atoms with Crippen molar-refractivity contribution in [3.63, 3.8) is 0 Å². The van der Waals surface area contributed by atoms with E-state index in [1.54, 1.807) is 43.2 Å². The molecule has 1 N–H and O–H groups in total. The molecule has 2 atom stereocenters. The van der Waals surface area contributed by atoms with Crippen molar-refractivity contribution in [2.24, 2.45) is 5.92 Å². The molecule has 6 nitrogen and oxygen atoms in total. The third-order valence-electron chi connectivity index (χ3n) is 7.93. The van der Waals surface area contributed by atoms with Crippen LogP contribution in [0.2, 0.25) is 5.02 Å². The van der Waals surface area contributed by atoms with Gasteiger partial charge in [0.1, 0.15) is 5.82 Å². The summed E-state index contributed by atoms with van der Waals surface area (Å²) < 4.78 is 32.9. The smallest absolute Gasteiger partial charge is 0.232 e. The predicted octanol–water partition coefficient (Wildman–Crippen LogP) is 6.59. The molecule has 2 aliphatic rings. The van der Waals surface area contributed by atoms with Crippen LogP contribution >= 0.6 is 11.6 Å². The van der Waals surface area contributed by atoms with E-state index < -0.39 is 17.5 Å². The minimum atomic E-state index is -1.36. The first kappa shape index (κ1) is 28.4. The number of rotatable bonds is 7. The van der Waals surface area contributed by atoms with Gasteiger partial charge in [-0.3, -0.25) is 4.79 Å². The average Bonchev–Trinajstić information content (AvgIpc) is 2.92. The quantitative estimate of drug-likeness (QED) is 0.349. The van der Waals surface area contributed by atoms with Crippen molar-refractivity contribution in [1.82, 2.24) is 0 Å². The molecule has 40 heavy (non-hydrogen) atoms. The fourth-order valence-electron chi connectivity index (χ4n) is 5.87. The van der Waals surface area contributed by atoms with Crippen LogP contribution in [0, 0.1) is 11.7 Å². The maximum absolute atomic E-state index is 15.8. The van der Waals surface area contributed by atoms with Crippen molar-refractivity contribution in [3.8, 4) is 11.5 Å². The summed E-state index contributed by atoms with van der Waals surface area (Å²) in [5, 5.41) is 11.9. The van der Waals surface area contributed by atoms with Crippen molar-refractivity contribution in [2.75, 3.05) is 25.2 Å². The summed E-state index contributed by atoms with van der Waals surface area (Å²) in [5.74, 6) is 0.255. The van der Waals surface area contributed by atoms with Crippen LogP contribution in [0.25, 0.3) is 0 Å². The highest BCUT2D eigenvalue weighted by Crippen LogP contribution is 2.45. The van der Waals surface area contributed by atoms with Gasteiger partial charge in [0, 0.05) is 29.5 Å². The number of aliphatic hydroxyl groups is 1. The predicted molar refractivity (Wildman–Crippen MR) is 153 cm³/mol. The number of fused-ring (bicyclic) bond motifs is 1. The van der Waals surface area contributed by atoms with Crippen LogP contribution in [0.5, 0.6) is 11.5 Å². The second-order valence-electron chi connectivity index (χ2n) is 11.0. The molecular formula is C32H35ClFNO5. The first-order chi connectivity index (χ1) is 19.1. The Bertz CT molecular complexity index is 1380. The Morgan fingerprint density at radius 2 is 1.77 bits per heavy atom. The van der Waals surface area contributed by atoms with Crippen molar-refractivity contribution >= 4 is 23.2 Å². The zero-order valence-electron chi connectivity index (χ0n) is 23.2. The molecule has 0 radical (unpaired) electrons. The molecule has 1 saturated heterocycles. The van der Waals surface area contributed by atoms with E-state index in [0.717, 1.165) is 16.7 Å². The number of hydrogen-bond acceptors (Lipinski definition) is 5. The molecule has 0 spiro atoms. The largest absolute Gasteiger partial charge is 0.493 e. The van der Waals surface area contributed by atoms with Crippen LogP contribution in [0.1, 0.15) is 61.9 Å². The number of nitrogens with zero attached hydrogens (tertiary/aromatic N) is 1. The zero-order chi connectivity index (χ0) is 28.6. The van der Waals surface area contributed by atoms with Crippen LogP contribution in [-0.2, 0) is 21.6 Å². The Kier molecular flexibility index (Phi) is 8.09. The van der Waals surface area contributed by atoms with Gasteiger partial charge in [-0.15, -0.1) is 0 Å². The summed E-state index contributed by atoms with van der Waals surface area (Å²) in [4.78, 5) is 15.4. The van der Waals surface area contributed by atoms with Gasteiger partial charge in [0.15, 0.2) is 11.5 Å². The Hall–Kier alpha value is -3.13. The topological polar surface area (TPSA) is 68.2 Å². The highest BCUT2D eigenvalue weighted by atomic mass is 35.5. The van der Waals surface area contributed by atoms with Crippen molar-refractivity contribution in [1.29, 1.82) is 0 Å². The molecule has 0 aliphatic carbocycles. The van der Waals surface area contributed by atoms with Crippen molar-refractivity contribution < 1.29 is 28.5 Å². The zero-order valence-corrected chi connectivity index (χ0v) is 24.0. The molecule has 0 aromatic heterocycles. The fourth-order valence-corrected chi connectivity index (χ4v) is 6.00. The van der Waals surface area contributed by atoms with Gasteiger partial charge in [-0.2, -0.15) is 0 Å². The molecule has 1 fully saturated rings. The number of methoxy groups -OCH3 is 1. The maximum atomic E-state index is 15.8. The molecular weight excluding hydrogens is 533 g/mol. The lowest BCUT2D eigenvalue weighted by atomic mass is 9.78. The van der Waals surface area contributed by atoms with Gasteiger partial charge in [0.05, 0.1) is 31.3 Å². The number of amides is 1. The first-order valence-electron chi connectivity index (χ1n) is 13.6. The summed E-state index contributed by atoms with van der Waals surface area (Å²) in [6, 6.07) is 15.2. The molecule has 212 valence electrons. The molecule has 0 unspecified atom stereocenters. The van der Waals surface area contributed by atoms with Gasteiger partial charge >= 0.3 is 0 Å². The van der Waals surface area contributed by atoms with E-state index in [0.29, 0.717) is 48.3 Å². The van der Waals surface area contributed by atoms with E-state index in [2.05, 4.69) is 0 Å². The minimum absolute atomic E-state index is 0.0904. The second-order valence-corrected chi connectivity index (χ2v) is 11.4. The van der Waals surface area contributed by atoms with Crippen molar-refractivity contribution in [3.05, 3.63) is 87.7 Å². The lowest BCUT2D eigenvalue weighted by Crippen LogP contribution is -2.41. The highest BCUT2D eigenvalue weighted by Gasteiger charge is 2.39. The van der Waals surface area contributed by atoms with Gasteiger partial charge in [-0.1, -0.05) is 29.8 Å². The molecule has 2 heterocycles. The van der Waals surface area contributed by atoms with Gasteiger partial charge in [0.25, 0.3) is 0 Å². The second kappa shape index (κ2) is 11.4. The highest BCUT2D eigenvalue weighted by molar-refractivity contribution is 6.30. The monoisotopic (exact) mass is 567 g/mol. The lowest BCUT2D eigenvalue weighted by molar-refractivity contribution is -0.118. The van der Waals surface area contributed by atoms with E-state index >= 15 is 4.39 Å². The summed E-state index contributed by atoms with van der Waals surface area (Å²) in [6.45, 7) is 6.61. The average molecular weight is 568 g/mol. The van der Waals surface area contributed by atoms with Crippen LogP contribution in [0.15, 0.2) is 54.6 Å². The molecule has 5 rings (SSSR count). The number of hydrogen-bond donors (Lipinski definition) is 1. The molecule has 2 aliphatic heterocycles. The van der Waals surface area contributed by atoms with Gasteiger partial charge in [-0.25, -0.2) is 4.39 Å². The van der Waals surface area contributed by atoms with E-state index in [-0.39, 0.29) is 29.9 Å². The number of ether oxygens (including phenoxy) is 3. The van der Waals surface area contributed by atoms with Gasteiger partial charge in [0.2, 0.25) is 5.91 Å². The Balaban J connectivity index is 1.61. The lowest BCUT2D eigenvalue weighted by Gasteiger charge is -2.39. The molecule has 8 heteroatoms. The fraction of sp³-hybridized carbons (Fsp3) is 0.406. The number of carbonyl (C=O) groups excluding carboxylic acids is 1. The molecule has 3 aromatic rings. The summed E-state index contributed by atoms with van der Waals surface area (Å²) in [6.07, 6.45) is 1.32. The van der Waals surface area contributed by atoms with E-state index in [1.807, 2.05) is 38.1 Å². The Morgan fingerprint density at radius 1 is 1.07 bits per heavy atom. The number of carbonyl (C=O) groups is 1. The molecule has 0 saturated carbocycles. The SMILES string of the molecule is COc1cc2c(cc1OC(C)C)[C@H](c1ccc(Cl)cc1)N(c1ccc([C@@](C)(O)C3CCOCC3)c(F)c1)C(=O)C2. The molecule has 1 amide bonds. The third kappa shape index (κ3) is 5.42. The standard InChI is InChI=1S/C32H35ClFNO5/c1-19(2)40-29-18-25-21(15-28(29)38-4)16-30(36)35(31(25)20-5-7-23(33)8-6-20)24-9-10-26(27(34)17-24)32(3,37)22-11-13-39-14-12-22/h5-10,15,17-19,22,31,37H,11-14,16H2,1-4H3/t31-,32-/m0/s1. The number of halogens is 2. The third-order valence-corrected chi connectivity index (χ3v) is 8.18. The van der Waals surface area contributed by atoms with Crippen LogP contribution in [0.3, 0.4) is 0 Å². The first-order valence-corrected chi connectivity index (χ1v) is 14.0. The Labute approximate surface area is 239 Å². The summed E-state index contributed by atoms with van der Waals surface area (Å²) in [7, 11) is 1.57. The van der Waals surface area contributed by atoms with Gasteiger partial charge < -0.3 is 24.2 Å².